The van der Waals surface area contributed by atoms with E-state index in [1.165, 1.54) is 5.56 Å². The van der Waals surface area contributed by atoms with Crippen molar-refractivity contribution in [2.24, 2.45) is 0 Å². The zero-order valence-electron chi connectivity index (χ0n) is 18.8. The van der Waals surface area contributed by atoms with Crippen LogP contribution in [0.15, 0.2) is 146 Å². The lowest BCUT2D eigenvalue weighted by Crippen LogP contribution is -2.31. The van der Waals surface area contributed by atoms with Gasteiger partial charge in [0.2, 0.25) is 7.29 Å². The van der Waals surface area contributed by atoms with Crippen LogP contribution in [0.25, 0.3) is 11.1 Å². The second kappa shape index (κ2) is 10.1. The Bertz CT molecular complexity index is 1330. The van der Waals surface area contributed by atoms with Crippen molar-refractivity contribution in [3.05, 3.63) is 157 Å². The summed E-state index contributed by atoms with van der Waals surface area (Å²) in [6.07, 6.45) is 0. The number of hydrogen-bond acceptors (Lipinski definition) is 1. The summed E-state index contributed by atoms with van der Waals surface area (Å²) in [5.74, 6) is 0. The highest BCUT2D eigenvalue weighted by atomic mass is 31.2. The minimum Gasteiger partial charge on any atom is -0.296 e. The van der Waals surface area contributed by atoms with E-state index in [0.717, 1.165) is 27.3 Å². The molecule has 1 N–H and O–H groups in total. The Morgan fingerprint density at radius 3 is 1.32 bits per heavy atom. The Hall–Kier alpha value is -3.71. The molecule has 0 radical (unpaired) electrons. The van der Waals surface area contributed by atoms with E-state index in [0.29, 0.717) is 0 Å². The topological polar surface area (TPSA) is 29.1 Å². The van der Waals surface area contributed by atoms with E-state index < -0.39 is 7.29 Å². The van der Waals surface area contributed by atoms with Gasteiger partial charge in [0.25, 0.3) is 0 Å². The van der Waals surface area contributed by atoms with Crippen LogP contribution in [-0.2, 0) is 4.57 Å². The number of benzene rings is 5. The molecule has 0 aliphatic rings. The van der Waals surface area contributed by atoms with E-state index in [9.17, 15) is 4.57 Å². The van der Waals surface area contributed by atoms with Crippen molar-refractivity contribution in [1.29, 1.82) is 0 Å². The van der Waals surface area contributed by atoms with Gasteiger partial charge in [-0.1, -0.05) is 121 Å². The van der Waals surface area contributed by atoms with E-state index in [2.05, 4.69) is 53.6 Å². The Kier molecular flexibility index (Phi) is 6.53. The maximum Gasteiger partial charge on any atom is 0.205 e. The second-order valence-corrected chi connectivity index (χ2v) is 10.8. The van der Waals surface area contributed by atoms with Crippen molar-refractivity contribution < 1.29 is 4.57 Å². The van der Waals surface area contributed by atoms with Gasteiger partial charge >= 0.3 is 0 Å². The van der Waals surface area contributed by atoms with Crippen LogP contribution in [0.4, 0.5) is 0 Å². The first-order chi connectivity index (χ1) is 16.7. The maximum atomic E-state index is 14.8. The number of rotatable bonds is 7. The third-order valence-corrected chi connectivity index (χ3v) is 8.71. The minimum atomic E-state index is -3.13. The molecule has 0 fully saturated rings. The van der Waals surface area contributed by atoms with E-state index >= 15 is 0 Å². The molecule has 0 unspecified atom stereocenters. The van der Waals surface area contributed by atoms with Crippen LogP contribution in [-0.4, -0.2) is 0 Å². The lowest BCUT2D eigenvalue weighted by atomic mass is 9.97. The molecule has 0 saturated heterocycles. The van der Waals surface area contributed by atoms with E-state index in [1.54, 1.807) is 0 Å². The molecule has 0 aliphatic carbocycles. The molecule has 0 saturated carbocycles. The summed E-state index contributed by atoms with van der Waals surface area (Å²) < 4.78 is 14.8. The normalized spacial score (nSPS) is 12.2. The predicted octanol–water partition coefficient (Wildman–Crippen LogP) is 6.96. The largest absolute Gasteiger partial charge is 0.296 e. The van der Waals surface area contributed by atoms with Crippen molar-refractivity contribution in [1.82, 2.24) is 5.09 Å². The monoisotopic (exact) mass is 459 g/mol. The molecule has 0 bridgehead atoms. The van der Waals surface area contributed by atoms with Gasteiger partial charge in [0, 0.05) is 10.6 Å². The van der Waals surface area contributed by atoms with Gasteiger partial charge in [0.05, 0.1) is 6.04 Å². The molecule has 166 valence electrons. The lowest BCUT2D eigenvalue weighted by Gasteiger charge is -2.28. The van der Waals surface area contributed by atoms with Crippen molar-refractivity contribution in [3.8, 4) is 11.1 Å². The van der Waals surface area contributed by atoms with Crippen LogP contribution < -0.4 is 15.7 Å². The van der Waals surface area contributed by atoms with Crippen LogP contribution in [0.2, 0.25) is 0 Å². The summed E-state index contributed by atoms with van der Waals surface area (Å²) in [6.45, 7) is 0. The van der Waals surface area contributed by atoms with Gasteiger partial charge in [0.1, 0.15) is 0 Å². The molecule has 5 aromatic rings. The van der Waals surface area contributed by atoms with E-state index in [-0.39, 0.29) is 6.04 Å². The zero-order valence-corrected chi connectivity index (χ0v) is 19.7. The molecule has 0 spiro atoms. The number of nitrogens with one attached hydrogen (secondary N) is 1. The first-order valence-electron chi connectivity index (χ1n) is 11.4. The molecular weight excluding hydrogens is 433 g/mol. The Labute approximate surface area is 201 Å². The molecule has 34 heavy (non-hydrogen) atoms. The molecule has 5 aromatic carbocycles. The quantitative estimate of drug-likeness (QED) is 0.267. The molecule has 3 heteroatoms. The Morgan fingerprint density at radius 2 is 0.824 bits per heavy atom. The molecular formula is C31H26NOP. The summed E-state index contributed by atoms with van der Waals surface area (Å²) >= 11 is 0. The average molecular weight is 460 g/mol. The molecule has 2 nitrogen and oxygen atoms in total. The van der Waals surface area contributed by atoms with Crippen LogP contribution in [0.3, 0.4) is 0 Å². The standard InChI is InChI=1S/C31H26NOP/c33-34(29-17-9-3-10-18-29,30-19-11-4-12-20-30)32-31(27-15-7-2-8-16-27)28-23-21-26(22-24-28)25-13-5-1-6-14-25/h1-24,31H,(H,32,33)/t31-/m1/s1. The van der Waals surface area contributed by atoms with Gasteiger partial charge in [-0.05, 0) is 46.5 Å². The first-order valence-corrected chi connectivity index (χ1v) is 13.1. The van der Waals surface area contributed by atoms with Crippen molar-refractivity contribution in [2.75, 3.05) is 0 Å². The maximum absolute atomic E-state index is 14.8. The van der Waals surface area contributed by atoms with Gasteiger partial charge in [-0.25, -0.2) is 5.09 Å². The van der Waals surface area contributed by atoms with Crippen LogP contribution in [0.5, 0.6) is 0 Å². The fourth-order valence-electron chi connectivity index (χ4n) is 4.24. The SMILES string of the molecule is O=P(N[C@H](c1ccccc1)c1ccc(-c2ccccc2)cc1)(c1ccccc1)c1ccccc1. The highest BCUT2D eigenvalue weighted by molar-refractivity contribution is 7.76. The molecule has 0 aliphatic heterocycles. The van der Waals surface area contributed by atoms with Crippen LogP contribution in [0.1, 0.15) is 17.2 Å². The minimum absolute atomic E-state index is 0.239. The van der Waals surface area contributed by atoms with Crippen molar-refractivity contribution >= 4 is 17.9 Å². The molecule has 0 amide bonds. The van der Waals surface area contributed by atoms with Crippen molar-refractivity contribution in [2.45, 2.75) is 6.04 Å². The zero-order chi connectivity index (χ0) is 23.2. The summed E-state index contributed by atoms with van der Waals surface area (Å²) in [4.78, 5) is 0. The van der Waals surface area contributed by atoms with Gasteiger partial charge in [-0.15, -0.1) is 0 Å². The first kappa shape index (κ1) is 22.1. The molecule has 0 heterocycles. The Morgan fingerprint density at radius 1 is 0.441 bits per heavy atom. The predicted molar refractivity (Wildman–Crippen MR) is 143 cm³/mol. The van der Waals surface area contributed by atoms with Gasteiger partial charge in [-0.2, -0.15) is 0 Å². The highest BCUT2D eigenvalue weighted by Gasteiger charge is 2.31. The van der Waals surface area contributed by atoms with E-state index in [1.807, 2.05) is 97.1 Å². The average Bonchev–Trinajstić information content (AvgIpc) is 2.94. The fourth-order valence-corrected chi connectivity index (χ4v) is 6.68. The summed E-state index contributed by atoms with van der Waals surface area (Å²) in [5, 5.41) is 5.20. The summed E-state index contributed by atoms with van der Waals surface area (Å²) in [6, 6.07) is 48.3. The van der Waals surface area contributed by atoms with Gasteiger partial charge in [0.15, 0.2) is 0 Å². The molecule has 5 rings (SSSR count). The van der Waals surface area contributed by atoms with E-state index in [4.69, 9.17) is 0 Å². The second-order valence-electron chi connectivity index (χ2n) is 8.24. The van der Waals surface area contributed by atoms with Crippen molar-refractivity contribution in [3.63, 3.8) is 0 Å². The molecule has 0 aromatic heterocycles. The fraction of sp³-hybridized carbons (Fsp3) is 0.0323. The van der Waals surface area contributed by atoms with Crippen LogP contribution >= 0.6 is 7.29 Å². The molecule has 1 atom stereocenters. The smallest absolute Gasteiger partial charge is 0.205 e. The summed E-state index contributed by atoms with van der Waals surface area (Å²) in [7, 11) is -3.13. The lowest BCUT2D eigenvalue weighted by molar-refractivity contribution is 0.572. The third kappa shape index (κ3) is 4.65. The number of hydrogen-bond donors (Lipinski definition) is 1. The Balaban J connectivity index is 1.59. The van der Waals surface area contributed by atoms with Gasteiger partial charge in [-0.3, -0.25) is 4.57 Å². The van der Waals surface area contributed by atoms with Gasteiger partial charge < -0.3 is 0 Å². The highest BCUT2D eigenvalue weighted by Crippen LogP contribution is 2.43. The van der Waals surface area contributed by atoms with Crippen LogP contribution in [0, 0.1) is 0 Å². The third-order valence-electron chi connectivity index (χ3n) is 6.03. The summed E-state index contributed by atoms with van der Waals surface area (Å²) in [5.41, 5.74) is 4.47.